The van der Waals surface area contributed by atoms with Gasteiger partial charge in [0.1, 0.15) is 11.6 Å². The number of fused-ring (bicyclic) bond motifs is 1. The van der Waals surface area contributed by atoms with E-state index in [-0.39, 0.29) is 11.6 Å². The second-order valence-corrected chi connectivity index (χ2v) is 6.45. The van der Waals surface area contributed by atoms with Crippen LogP contribution < -0.4 is 0 Å². The first-order valence-electron chi connectivity index (χ1n) is 8.72. The van der Waals surface area contributed by atoms with E-state index in [1.54, 1.807) is 24.3 Å². The molecule has 0 N–H and O–H groups in total. The van der Waals surface area contributed by atoms with Crippen LogP contribution in [0.5, 0.6) is 0 Å². The summed E-state index contributed by atoms with van der Waals surface area (Å²) in [6.07, 6.45) is 1.01. The molecule has 0 aromatic heterocycles. The van der Waals surface area contributed by atoms with Crippen LogP contribution in [0.4, 0.5) is 8.78 Å². The van der Waals surface area contributed by atoms with Crippen LogP contribution in [-0.4, -0.2) is 0 Å². The molecule has 0 nitrogen and oxygen atoms in total. The van der Waals surface area contributed by atoms with Crippen molar-refractivity contribution in [2.75, 3.05) is 0 Å². The standard InChI is InChI=1S/C24H18F2/c1-2-16-3-4-19-14-20(6-5-18(19)13-16)21-9-12-23(24(26)15-21)17-7-10-22(25)11-8-17/h3-15H,2H2,1H3. The molecule has 0 fully saturated rings. The van der Waals surface area contributed by atoms with E-state index in [9.17, 15) is 8.78 Å². The summed E-state index contributed by atoms with van der Waals surface area (Å²) < 4.78 is 27.7. The number of halogens is 2. The first-order valence-corrected chi connectivity index (χ1v) is 8.72. The highest BCUT2D eigenvalue weighted by Crippen LogP contribution is 2.30. The van der Waals surface area contributed by atoms with Gasteiger partial charge >= 0.3 is 0 Å². The molecule has 0 radical (unpaired) electrons. The predicted molar refractivity (Wildman–Crippen MR) is 104 cm³/mol. The normalized spacial score (nSPS) is 11.0. The maximum atomic E-state index is 14.6. The molecule has 0 aliphatic carbocycles. The molecule has 0 saturated heterocycles. The molecule has 0 atom stereocenters. The van der Waals surface area contributed by atoms with E-state index in [1.807, 2.05) is 12.1 Å². The Kier molecular flexibility index (Phi) is 4.26. The molecule has 0 spiro atoms. The van der Waals surface area contributed by atoms with E-state index in [1.165, 1.54) is 23.1 Å². The molecule has 0 aliphatic rings. The highest BCUT2D eigenvalue weighted by atomic mass is 19.1. The summed E-state index contributed by atoms with van der Waals surface area (Å²) in [5.74, 6) is -0.635. The first-order chi connectivity index (χ1) is 12.6. The molecule has 0 amide bonds. The molecular weight excluding hydrogens is 326 g/mol. The highest BCUT2D eigenvalue weighted by Gasteiger charge is 2.08. The van der Waals surface area contributed by atoms with Gasteiger partial charge in [-0.25, -0.2) is 8.78 Å². The zero-order chi connectivity index (χ0) is 18.1. The van der Waals surface area contributed by atoms with Crippen molar-refractivity contribution >= 4 is 10.8 Å². The third-order valence-corrected chi connectivity index (χ3v) is 4.77. The SMILES string of the molecule is CCc1ccc2cc(-c3ccc(-c4ccc(F)cc4)c(F)c3)ccc2c1. The molecule has 0 heterocycles. The predicted octanol–water partition coefficient (Wildman–Crippen LogP) is 7.01. The van der Waals surface area contributed by atoms with Crippen molar-refractivity contribution in [2.24, 2.45) is 0 Å². The highest BCUT2D eigenvalue weighted by molar-refractivity contribution is 5.88. The molecule has 4 rings (SSSR count). The average Bonchev–Trinajstić information content (AvgIpc) is 2.68. The smallest absolute Gasteiger partial charge is 0.131 e. The number of benzene rings is 4. The Morgan fingerprint density at radius 1 is 0.615 bits per heavy atom. The monoisotopic (exact) mass is 344 g/mol. The average molecular weight is 344 g/mol. The number of rotatable bonds is 3. The minimum absolute atomic E-state index is 0.310. The third kappa shape index (κ3) is 3.11. The lowest BCUT2D eigenvalue weighted by Gasteiger charge is -2.09. The summed E-state index contributed by atoms with van der Waals surface area (Å²) in [6.45, 7) is 2.14. The van der Waals surface area contributed by atoms with E-state index < -0.39 is 0 Å². The van der Waals surface area contributed by atoms with Gasteiger partial charge in [-0.05, 0) is 63.7 Å². The lowest BCUT2D eigenvalue weighted by atomic mass is 9.97. The summed E-state index contributed by atoms with van der Waals surface area (Å²) in [5.41, 5.74) is 4.25. The van der Waals surface area contributed by atoms with Gasteiger partial charge in [-0.1, -0.05) is 61.5 Å². The lowest BCUT2D eigenvalue weighted by Crippen LogP contribution is -1.88. The van der Waals surface area contributed by atoms with Crippen molar-refractivity contribution in [3.8, 4) is 22.3 Å². The Labute approximate surface area is 151 Å². The number of hydrogen-bond donors (Lipinski definition) is 0. The molecule has 4 aromatic rings. The maximum absolute atomic E-state index is 14.6. The number of hydrogen-bond acceptors (Lipinski definition) is 0. The molecule has 128 valence electrons. The van der Waals surface area contributed by atoms with Crippen molar-refractivity contribution in [1.82, 2.24) is 0 Å². The quantitative estimate of drug-likeness (QED) is 0.375. The van der Waals surface area contributed by atoms with Gasteiger partial charge in [0.05, 0.1) is 0 Å². The molecule has 0 aliphatic heterocycles. The van der Waals surface area contributed by atoms with Gasteiger partial charge in [-0.2, -0.15) is 0 Å². The Hall–Kier alpha value is -3.00. The van der Waals surface area contributed by atoms with Crippen LogP contribution in [0.1, 0.15) is 12.5 Å². The van der Waals surface area contributed by atoms with Crippen LogP contribution in [0, 0.1) is 11.6 Å². The minimum Gasteiger partial charge on any atom is -0.207 e. The molecule has 0 bridgehead atoms. The van der Waals surface area contributed by atoms with Crippen LogP contribution in [0.25, 0.3) is 33.0 Å². The minimum atomic E-state index is -0.326. The Morgan fingerprint density at radius 3 is 1.96 bits per heavy atom. The van der Waals surface area contributed by atoms with Crippen LogP contribution in [-0.2, 0) is 6.42 Å². The van der Waals surface area contributed by atoms with Crippen LogP contribution in [0.2, 0.25) is 0 Å². The van der Waals surface area contributed by atoms with Crippen LogP contribution >= 0.6 is 0 Å². The number of aryl methyl sites for hydroxylation is 1. The van der Waals surface area contributed by atoms with Crippen molar-refractivity contribution < 1.29 is 8.78 Å². The van der Waals surface area contributed by atoms with E-state index in [0.717, 1.165) is 22.9 Å². The fourth-order valence-electron chi connectivity index (χ4n) is 3.25. The van der Waals surface area contributed by atoms with Gasteiger partial charge in [0, 0.05) is 5.56 Å². The van der Waals surface area contributed by atoms with E-state index in [2.05, 4.69) is 37.3 Å². The van der Waals surface area contributed by atoms with Gasteiger partial charge in [-0.15, -0.1) is 0 Å². The Balaban J connectivity index is 1.73. The summed E-state index contributed by atoms with van der Waals surface area (Å²) >= 11 is 0. The van der Waals surface area contributed by atoms with Gasteiger partial charge in [0.2, 0.25) is 0 Å². The molecule has 0 unspecified atom stereocenters. The van der Waals surface area contributed by atoms with Crippen molar-refractivity contribution in [1.29, 1.82) is 0 Å². The second-order valence-electron chi connectivity index (χ2n) is 6.45. The molecule has 26 heavy (non-hydrogen) atoms. The summed E-state index contributed by atoms with van der Waals surface area (Å²) in [4.78, 5) is 0. The van der Waals surface area contributed by atoms with Gasteiger partial charge < -0.3 is 0 Å². The maximum Gasteiger partial charge on any atom is 0.131 e. The van der Waals surface area contributed by atoms with Gasteiger partial charge in [0.15, 0.2) is 0 Å². The van der Waals surface area contributed by atoms with Crippen LogP contribution in [0.15, 0.2) is 78.9 Å². The summed E-state index contributed by atoms with van der Waals surface area (Å²) in [7, 11) is 0. The zero-order valence-corrected chi connectivity index (χ0v) is 14.5. The largest absolute Gasteiger partial charge is 0.207 e. The van der Waals surface area contributed by atoms with Crippen molar-refractivity contribution in [2.45, 2.75) is 13.3 Å². The lowest BCUT2D eigenvalue weighted by molar-refractivity contribution is 0.626. The van der Waals surface area contributed by atoms with Gasteiger partial charge in [0.25, 0.3) is 0 Å². The molecule has 4 aromatic carbocycles. The summed E-state index contributed by atoms with van der Waals surface area (Å²) in [6, 6.07) is 23.7. The Bertz CT molecular complexity index is 1080. The molecular formula is C24H18F2. The third-order valence-electron chi connectivity index (χ3n) is 4.77. The zero-order valence-electron chi connectivity index (χ0n) is 14.5. The molecule has 0 saturated carbocycles. The van der Waals surface area contributed by atoms with Crippen molar-refractivity contribution in [3.63, 3.8) is 0 Å². The summed E-state index contributed by atoms with van der Waals surface area (Å²) in [5, 5.41) is 2.33. The molecule has 2 heteroatoms. The van der Waals surface area contributed by atoms with E-state index in [4.69, 9.17) is 0 Å². The Morgan fingerprint density at radius 2 is 1.23 bits per heavy atom. The van der Waals surface area contributed by atoms with E-state index in [0.29, 0.717) is 11.1 Å². The van der Waals surface area contributed by atoms with Gasteiger partial charge in [-0.3, -0.25) is 0 Å². The van der Waals surface area contributed by atoms with E-state index >= 15 is 0 Å². The van der Waals surface area contributed by atoms with Crippen molar-refractivity contribution in [3.05, 3.63) is 96.1 Å². The first kappa shape index (κ1) is 16.5. The fourth-order valence-corrected chi connectivity index (χ4v) is 3.25. The van der Waals surface area contributed by atoms with Crippen LogP contribution in [0.3, 0.4) is 0 Å². The topological polar surface area (TPSA) is 0 Å². The second kappa shape index (κ2) is 6.72. The fraction of sp³-hybridized carbons (Fsp3) is 0.0833.